The van der Waals surface area contributed by atoms with Crippen molar-refractivity contribution in [2.75, 3.05) is 18.5 Å². The summed E-state index contributed by atoms with van der Waals surface area (Å²) in [4.78, 5) is 6.38. The molecule has 0 atom stereocenters. The van der Waals surface area contributed by atoms with Crippen molar-refractivity contribution in [3.63, 3.8) is 0 Å². The molecule has 1 aromatic rings. The Bertz CT molecular complexity index is 289. The number of alkyl halides is 1. The first kappa shape index (κ1) is 12.3. The molecule has 0 aliphatic rings. The number of aromatic nitrogens is 1. The van der Waals surface area contributed by atoms with Crippen molar-refractivity contribution in [2.45, 2.75) is 32.1 Å². The zero-order valence-corrected chi connectivity index (χ0v) is 10.3. The van der Waals surface area contributed by atoms with Crippen LogP contribution in [0.3, 0.4) is 0 Å². The van der Waals surface area contributed by atoms with Crippen LogP contribution >= 0.6 is 11.6 Å². The Labute approximate surface area is 97.3 Å². The molecule has 0 radical (unpaired) electrons. The first-order valence-electron chi connectivity index (χ1n) is 5.49. The van der Waals surface area contributed by atoms with Gasteiger partial charge in [0.15, 0.2) is 0 Å². The number of pyridine rings is 1. The molecule has 15 heavy (non-hydrogen) atoms. The minimum absolute atomic E-state index is 0.552. The van der Waals surface area contributed by atoms with Gasteiger partial charge < -0.3 is 4.90 Å². The third kappa shape index (κ3) is 3.71. The molecule has 84 valence electrons. The third-order valence-corrected chi connectivity index (χ3v) is 2.83. The second-order valence-corrected chi connectivity index (χ2v) is 4.03. The van der Waals surface area contributed by atoms with Crippen LogP contribution in [0.1, 0.15) is 31.7 Å². The zero-order valence-electron chi connectivity index (χ0n) is 9.54. The number of unbranched alkanes of at least 4 members (excludes halogenated alkanes) is 2. The van der Waals surface area contributed by atoms with Crippen LogP contribution in [0.25, 0.3) is 0 Å². The Morgan fingerprint density at radius 2 is 2.20 bits per heavy atom. The molecule has 0 aliphatic heterocycles. The molecule has 1 rings (SSSR count). The van der Waals surface area contributed by atoms with E-state index in [4.69, 9.17) is 11.6 Å². The molecule has 0 amide bonds. The maximum absolute atomic E-state index is 5.88. The highest BCUT2D eigenvalue weighted by molar-refractivity contribution is 6.17. The van der Waals surface area contributed by atoms with Crippen molar-refractivity contribution in [2.24, 2.45) is 0 Å². The lowest BCUT2D eigenvalue weighted by atomic mass is 10.2. The van der Waals surface area contributed by atoms with Gasteiger partial charge >= 0.3 is 0 Å². The molecule has 0 N–H and O–H groups in total. The predicted octanol–water partition coefficient (Wildman–Crippen LogP) is 3.45. The lowest BCUT2D eigenvalue weighted by Gasteiger charge is -2.21. The molecular formula is C12H19ClN2. The van der Waals surface area contributed by atoms with Crippen LogP contribution in [0, 0.1) is 0 Å². The molecule has 1 heterocycles. The standard InChI is InChI=1S/C12H19ClN2/c1-3-4-5-8-15(2)12-10-14-7-6-11(12)9-13/h6-7,10H,3-5,8-9H2,1-2H3. The minimum Gasteiger partial charge on any atom is -0.373 e. The van der Waals surface area contributed by atoms with Gasteiger partial charge in [0.1, 0.15) is 0 Å². The molecule has 2 nitrogen and oxygen atoms in total. The van der Waals surface area contributed by atoms with Gasteiger partial charge in [0.25, 0.3) is 0 Å². The summed E-state index contributed by atoms with van der Waals surface area (Å²) in [5.74, 6) is 0.552. The van der Waals surface area contributed by atoms with Crippen molar-refractivity contribution in [3.8, 4) is 0 Å². The Morgan fingerprint density at radius 1 is 1.40 bits per heavy atom. The monoisotopic (exact) mass is 226 g/mol. The van der Waals surface area contributed by atoms with E-state index in [1.807, 2.05) is 12.3 Å². The highest BCUT2D eigenvalue weighted by Gasteiger charge is 2.05. The molecule has 0 aromatic carbocycles. The second kappa shape index (κ2) is 6.67. The molecule has 0 bridgehead atoms. The first-order valence-corrected chi connectivity index (χ1v) is 6.03. The number of nitrogens with zero attached hydrogens (tertiary/aromatic N) is 2. The van der Waals surface area contributed by atoms with E-state index in [0.717, 1.165) is 17.8 Å². The maximum Gasteiger partial charge on any atom is 0.0594 e. The zero-order chi connectivity index (χ0) is 11.1. The van der Waals surface area contributed by atoms with E-state index in [1.165, 1.54) is 19.3 Å². The number of hydrogen-bond acceptors (Lipinski definition) is 2. The van der Waals surface area contributed by atoms with Crippen molar-refractivity contribution in [1.82, 2.24) is 4.98 Å². The van der Waals surface area contributed by atoms with Crippen LogP contribution in [0.15, 0.2) is 18.5 Å². The molecule has 0 spiro atoms. The van der Waals surface area contributed by atoms with Gasteiger partial charge in [0.05, 0.1) is 11.9 Å². The van der Waals surface area contributed by atoms with E-state index in [9.17, 15) is 0 Å². The molecule has 0 fully saturated rings. The third-order valence-electron chi connectivity index (χ3n) is 2.54. The summed E-state index contributed by atoms with van der Waals surface area (Å²) in [5, 5.41) is 0. The molecule has 0 aliphatic carbocycles. The Balaban J connectivity index is 2.59. The fraction of sp³-hybridized carbons (Fsp3) is 0.583. The first-order chi connectivity index (χ1) is 7.29. The smallest absolute Gasteiger partial charge is 0.0594 e. The highest BCUT2D eigenvalue weighted by Crippen LogP contribution is 2.19. The van der Waals surface area contributed by atoms with Crippen LogP contribution in [0.5, 0.6) is 0 Å². The van der Waals surface area contributed by atoms with Crippen molar-refractivity contribution in [1.29, 1.82) is 0 Å². The van der Waals surface area contributed by atoms with Gasteiger partial charge in [-0.15, -0.1) is 11.6 Å². The normalized spacial score (nSPS) is 10.3. The minimum atomic E-state index is 0.552. The van der Waals surface area contributed by atoms with E-state index < -0.39 is 0 Å². The Morgan fingerprint density at radius 3 is 2.87 bits per heavy atom. The highest BCUT2D eigenvalue weighted by atomic mass is 35.5. The van der Waals surface area contributed by atoms with Gasteiger partial charge in [-0.3, -0.25) is 4.98 Å². The molecule has 0 saturated heterocycles. The van der Waals surface area contributed by atoms with E-state index in [1.54, 1.807) is 6.20 Å². The van der Waals surface area contributed by atoms with Crippen molar-refractivity contribution >= 4 is 17.3 Å². The fourth-order valence-electron chi connectivity index (χ4n) is 1.59. The lowest BCUT2D eigenvalue weighted by molar-refractivity contribution is 0.703. The number of hydrogen-bond donors (Lipinski definition) is 0. The van der Waals surface area contributed by atoms with Crippen LogP contribution < -0.4 is 4.90 Å². The molecule has 1 aromatic heterocycles. The lowest BCUT2D eigenvalue weighted by Crippen LogP contribution is -2.19. The van der Waals surface area contributed by atoms with Crippen molar-refractivity contribution in [3.05, 3.63) is 24.0 Å². The van der Waals surface area contributed by atoms with Crippen molar-refractivity contribution < 1.29 is 0 Å². The van der Waals surface area contributed by atoms with E-state index in [0.29, 0.717) is 5.88 Å². The maximum atomic E-state index is 5.88. The fourth-order valence-corrected chi connectivity index (χ4v) is 1.82. The summed E-state index contributed by atoms with van der Waals surface area (Å²) in [7, 11) is 2.10. The summed E-state index contributed by atoms with van der Waals surface area (Å²) in [6.07, 6.45) is 7.44. The van der Waals surface area contributed by atoms with Gasteiger partial charge in [-0.2, -0.15) is 0 Å². The van der Waals surface area contributed by atoms with Crippen LogP contribution in [0.4, 0.5) is 5.69 Å². The Hall–Kier alpha value is -0.760. The molecule has 3 heteroatoms. The summed E-state index contributed by atoms with van der Waals surface area (Å²) < 4.78 is 0. The number of anilines is 1. The van der Waals surface area contributed by atoms with E-state index >= 15 is 0 Å². The summed E-state index contributed by atoms with van der Waals surface area (Å²) in [6.45, 7) is 3.29. The number of halogens is 1. The Kier molecular flexibility index (Phi) is 5.48. The van der Waals surface area contributed by atoms with Crippen LogP contribution in [-0.2, 0) is 5.88 Å². The van der Waals surface area contributed by atoms with Gasteiger partial charge in [-0.25, -0.2) is 0 Å². The topological polar surface area (TPSA) is 16.1 Å². The largest absolute Gasteiger partial charge is 0.373 e. The summed E-state index contributed by atoms with van der Waals surface area (Å²) >= 11 is 5.88. The van der Waals surface area contributed by atoms with Crippen LogP contribution in [-0.4, -0.2) is 18.6 Å². The average molecular weight is 227 g/mol. The van der Waals surface area contributed by atoms with Gasteiger partial charge in [-0.05, 0) is 18.1 Å². The summed E-state index contributed by atoms with van der Waals surface area (Å²) in [6, 6.07) is 1.98. The van der Waals surface area contributed by atoms with Gasteiger partial charge in [-0.1, -0.05) is 19.8 Å². The molecular weight excluding hydrogens is 208 g/mol. The summed E-state index contributed by atoms with van der Waals surface area (Å²) in [5.41, 5.74) is 2.31. The SMILES string of the molecule is CCCCCN(C)c1cnccc1CCl. The molecule has 0 unspecified atom stereocenters. The van der Waals surface area contributed by atoms with Gasteiger partial charge in [0.2, 0.25) is 0 Å². The van der Waals surface area contributed by atoms with E-state index in [-0.39, 0.29) is 0 Å². The average Bonchev–Trinajstić information content (AvgIpc) is 2.29. The predicted molar refractivity (Wildman–Crippen MR) is 66.6 cm³/mol. The van der Waals surface area contributed by atoms with E-state index in [2.05, 4.69) is 23.9 Å². The van der Waals surface area contributed by atoms with Crippen LogP contribution in [0.2, 0.25) is 0 Å². The van der Waals surface area contributed by atoms with Gasteiger partial charge in [0, 0.05) is 25.7 Å². The quantitative estimate of drug-likeness (QED) is 0.546. The molecule has 0 saturated carbocycles. The second-order valence-electron chi connectivity index (χ2n) is 3.77. The number of rotatable bonds is 6.